The second-order valence-electron chi connectivity index (χ2n) is 3.88. The van der Waals surface area contributed by atoms with E-state index in [1.165, 1.54) is 0 Å². The van der Waals surface area contributed by atoms with E-state index < -0.39 is 23.2 Å². The molecule has 0 bridgehead atoms. The topological polar surface area (TPSA) is 130 Å². The number of halogens is 3. The fraction of sp³-hybridized carbons (Fsp3) is 0.333. The van der Waals surface area contributed by atoms with Crippen LogP contribution in [-0.4, -0.2) is 5.79 Å². The first kappa shape index (κ1) is 13.9. The Morgan fingerprint density at radius 2 is 1.06 bits per heavy atom. The third-order valence-corrected chi connectivity index (χ3v) is 2.41. The molecule has 1 rings (SSSR count). The lowest BCUT2D eigenvalue weighted by atomic mass is 9.94. The third-order valence-electron chi connectivity index (χ3n) is 2.41. The summed E-state index contributed by atoms with van der Waals surface area (Å²) in [7, 11) is 0. The van der Waals surface area contributed by atoms with Gasteiger partial charge in [-0.05, 0) is 17.7 Å². The van der Waals surface area contributed by atoms with Gasteiger partial charge < -0.3 is 11.5 Å². The number of alkyl halides is 3. The van der Waals surface area contributed by atoms with E-state index in [1.807, 2.05) is 0 Å². The molecule has 0 aliphatic carbocycles. The van der Waals surface area contributed by atoms with Crippen molar-refractivity contribution in [3.63, 3.8) is 0 Å². The summed E-state index contributed by atoms with van der Waals surface area (Å²) in [6.07, 6.45) is -4.43. The van der Waals surface area contributed by atoms with Crippen LogP contribution in [0.2, 0.25) is 0 Å². The SMILES string of the molecule is NC(N)(N)C(N)(N)c1ccc(C(F)(F)F)cc1. The van der Waals surface area contributed by atoms with Gasteiger partial charge in [-0.3, -0.25) is 17.2 Å². The first-order chi connectivity index (χ1) is 7.46. The van der Waals surface area contributed by atoms with Crippen molar-refractivity contribution in [3.8, 4) is 0 Å². The molecule has 0 aliphatic rings. The van der Waals surface area contributed by atoms with Crippen LogP contribution < -0.4 is 28.7 Å². The summed E-state index contributed by atoms with van der Waals surface area (Å²) >= 11 is 0. The molecule has 5 nitrogen and oxygen atoms in total. The van der Waals surface area contributed by atoms with E-state index in [1.54, 1.807) is 0 Å². The van der Waals surface area contributed by atoms with Gasteiger partial charge in [0.2, 0.25) is 0 Å². The standard InChI is InChI=1S/C9H14F3N5/c10-8(11,12)6-3-1-5(2-4-6)7(13,14)9(15,16)17/h1-4H,13-17H2. The van der Waals surface area contributed by atoms with Crippen molar-refractivity contribution in [1.29, 1.82) is 0 Å². The molecule has 1 aromatic rings. The molecule has 0 aromatic heterocycles. The van der Waals surface area contributed by atoms with Crippen molar-refractivity contribution < 1.29 is 13.2 Å². The Labute approximate surface area is 95.7 Å². The first-order valence-corrected chi connectivity index (χ1v) is 4.58. The summed E-state index contributed by atoms with van der Waals surface area (Å²) in [6.45, 7) is 0. The average Bonchev–Trinajstić information content (AvgIpc) is 2.15. The number of nitrogens with two attached hydrogens (primary N) is 5. The van der Waals surface area contributed by atoms with E-state index in [-0.39, 0.29) is 5.56 Å². The third kappa shape index (κ3) is 2.73. The lowest BCUT2D eigenvalue weighted by Gasteiger charge is -2.37. The second-order valence-corrected chi connectivity index (χ2v) is 3.88. The van der Waals surface area contributed by atoms with Gasteiger partial charge in [-0.2, -0.15) is 13.2 Å². The van der Waals surface area contributed by atoms with Crippen molar-refractivity contribution in [3.05, 3.63) is 35.4 Å². The van der Waals surface area contributed by atoms with Crippen LogP contribution in [0.3, 0.4) is 0 Å². The Kier molecular flexibility index (Phi) is 3.21. The van der Waals surface area contributed by atoms with Crippen LogP contribution >= 0.6 is 0 Å². The van der Waals surface area contributed by atoms with E-state index in [0.717, 1.165) is 24.3 Å². The maximum absolute atomic E-state index is 12.3. The minimum atomic E-state index is -4.43. The predicted molar refractivity (Wildman–Crippen MR) is 56.8 cm³/mol. The summed E-state index contributed by atoms with van der Waals surface area (Å²) < 4.78 is 36.9. The van der Waals surface area contributed by atoms with E-state index in [2.05, 4.69) is 0 Å². The quantitative estimate of drug-likeness (QED) is 0.443. The van der Waals surface area contributed by atoms with Gasteiger partial charge >= 0.3 is 6.18 Å². The smallest absolute Gasteiger partial charge is 0.306 e. The molecule has 8 heteroatoms. The predicted octanol–water partition coefficient (Wildman–Crippen LogP) is -0.694. The first-order valence-electron chi connectivity index (χ1n) is 4.58. The van der Waals surface area contributed by atoms with Crippen molar-refractivity contribution in [2.75, 3.05) is 0 Å². The molecule has 17 heavy (non-hydrogen) atoms. The molecule has 0 saturated heterocycles. The van der Waals surface area contributed by atoms with Gasteiger partial charge in [0, 0.05) is 0 Å². The molecular weight excluding hydrogens is 235 g/mol. The highest BCUT2D eigenvalue weighted by Gasteiger charge is 2.39. The van der Waals surface area contributed by atoms with Gasteiger partial charge in [-0.25, -0.2) is 0 Å². The zero-order valence-electron chi connectivity index (χ0n) is 8.83. The van der Waals surface area contributed by atoms with E-state index in [9.17, 15) is 13.2 Å². The highest BCUT2D eigenvalue weighted by atomic mass is 19.4. The van der Waals surface area contributed by atoms with Crippen molar-refractivity contribution in [2.24, 2.45) is 28.7 Å². The fourth-order valence-corrected chi connectivity index (χ4v) is 1.18. The Morgan fingerprint density at radius 1 is 0.706 bits per heavy atom. The Balaban J connectivity index is 3.12. The normalized spacial score (nSPS) is 13.9. The number of rotatable bonds is 2. The molecule has 1 aromatic carbocycles. The summed E-state index contributed by atoms with van der Waals surface area (Å²) in [5, 5.41) is 0. The van der Waals surface area contributed by atoms with Crippen LogP contribution in [0.4, 0.5) is 13.2 Å². The Bertz CT molecular complexity index is 391. The molecule has 0 fully saturated rings. The van der Waals surface area contributed by atoms with Crippen LogP contribution in [0.5, 0.6) is 0 Å². The largest absolute Gasteiger partial charge is 0.416 e. The van der Waals surface area contributed by atoms with Crippen LogP contribution in [0.15, 0.2) is 24.3 Å². The molecule has 0 aliphatic heterocycles. The van der Waals surface area contributed by atoms with Crippen molar-refractivity contribution in [2.45, 2.75) is 17.6 Å². The van der Waals surface area contributed by atoms with Gasteiger partial charge in [-0.1, -0.05) is 12.1 Å². The highest BCUT2D eigenvalue weighted by Crippen LogP contribution is 2.30. The van der Waals surface area contributed by atoms with Gasteiger partial charge in [0.15, 0.2) is 5.79 Å². The van der Waals surface area contributed by atoms with Gasteiger partial charge in [0.25, 0.3) is 0 Å². The summed E-state index contributed by atoms with van der Waals surface area (Å²) in [6, 6.07) is 3.83. The van der Waals surface area contributed by atoms with E-state index in [0.29, 0.717) is 0 Å². The molecular formula is C9H14F3N5. The van der Waals surface area contributed by atoms with Crippen molar-refractivity contribution >= 4 is 0 Å². The lowest BCUT2D eigenvalue weighted by Crippen LogP contribution is -2.78. The monoisotopic (exact) mass is 249 g/mol. The van der Waals surface area contributed by atoms with Crippen LogP contribution in [0.25, 0.3) is 0 Å². The molecule has 0 atom stereocenters. The Morgan fingerprint density at radius 3 is 1.35 bits per heavy atom. The van der Waals surface area contributed by atoms with Crippen LogP contribution in [0, 0.1) is 0 Å². The molecule has 0 unspecified atom stereocenters. The zero-order valence-corrected chi connectivity index (χ0v) is 8.83. The van der Waals surface area contributed by atoms with Gasteiger partial charge in [-0.15, -0.1) is 0 Å². The molecule has 96 valence electrons. The summed E-state index contributed by atoms with van der Waals surface area (Å²) in [5.74, 6) is -1.95. The minimum absolute atomic E-state index is 0.109. The molecule has 0 radical (unpaired) electrons. The molecule has 0 heterocycles. The van der Waals surface area contributed by atoms with Gasteiger partial charge in [0.1, 0.15) is 5.66 Å². The molecule has 0 spiro atoms. The number of hydrogen-bond donors (Lipinski definition) is 5. The lowest BCUT2D eigenvalue weighted by molar-refractivity contribution is -0.137. The molecule has 0 amide bonds. The summed E-state index contributed by atoms with van der Waals surface area (Å²) in [5.41, 5.74) is 24.7. The summed E-state index contributed by atoms with van der Waals surface area (Å²) in [4.78, 5) is 0. The number of hydrogen-bond acceptors (Lipinski definition) is 5. The average molecular weight is 249 g/mol. The maximum Gasteiger partial charge on any atom is 0.416 e. The fourth-order valence-electron chi connectivity index (χ4n) is 1.18. The van der Waals surface area contributed by atoms with Crippen LogP contribution in [-0.2, 0) is 11.8 Å². The second kappa shape index (κ2) is 3.93. The zero-order chi connectivity index (χ0) is 13.5. The van der Waals surface area contributed by atoms with E-state index >= 15 is 0 Å². The Hall–Kier alpha value is -1.19. The van der Waals surface area contributed by atoms with Crippen molar-refractivity contribution in [1.82, 2.24) is 0 Å². The highest BCUT2D eigenvalue weighted by molar-refractivity contribution is 5.31. The minimum Gasteiger partial charge on any atom is -0.306 e. The van der Waals surface area contributed by atoms with E-state index in [4.69, 9.17) is 28.7 Å². The number of benzene rings is 1. The van der Waals surface area contributed by atoms with Gasteiger partial charge in [0.05, 0.1) is 5.56 Å². The molecule has 10 N–H and O–H groups in total. The van der Waals surface area contributed by atoms with Crippen LogP contribution in [0.1, 0.15) is 11.1 Å². The maximum atomic E-state index is 12.3. The molecule has 0 saturated carbocycles.